The lowest BCUT2D eigenvalue weighted by Gasteiger charge is -2.01. The Hall–Kier alpha value is -2.11. The van der Waals surface area contributed by atoms with Gasteiger partial charge in [-0.25, -0.2) is 0 Å². The highest BCUT2D eigenvalue weighted by Gasteiger charge is 2.03. The largest absolute Gasteiger partial charge is 0.277 e. The van der Waals surface area contributed by atoms with Crippen molar-refractivity contribution in [3.8, 4) is 0 Å². The van der Waals surface area contributed by atoms with Gasteiger partial charge in [0.1, 0.15) is 11.4 Å². The van der Waals surface area contributed by atoms with Crippen LogP contribution in [0.2, 0.25) is 0 Å². The van der Waals surface area contributed by atoms with Gasteiger partial charge in [0.2, 0.25) is 0 Å². The summed E-state index contributed by atoms with van der Waals surface area (Å²) in [5, 5.41) is 9.16. The van der Waals surface area contributed by atoms with Crippen LogP contribution in [0.15, 0.2) is 33.7 Å². The Balaban J connectivity index is 3.04. The fourth-order valence-corrected chi connectivity index (χ4v) is 0.881. The maximum Gasteiger partial charge on any atom is 0.135 e. The maximum absolute atomic E-state index is 10.4. The Labute approximate surface area is 80.0 Å². The lowest BCUT2D eigenvalue weighted by molar-refractivity contribution is 1.32. The lowest BCUT2D eigenvalue weighted by Crippen LogP contribution is -1.87. The Morgan fingerprint density at radius 1 is 1.29 bits per heavy atom. The first-order valence-electron chi connectivity index (χ1n) is 3.86. The summed E-state index contributed by atoms with van der Waals surface area (Å²) >= 11 is 0. The van der Waals surface area contributed by atoms with E-state index in [9.17, 15) is 9.81 Å². The summed E-state index contributed by atoms with van der Waals surface area (Å²) in [4.78, 5) is 20.5. The zero-order valence-electron chi connectivity index (χ0n) is 7.47. The molecule has 6 nitrogen and oxygen atoms in total. The predicted octanol–water partition coefficient (Wildman–Crippen LogP) is 2.90. The predicted molar refractivity (Wildman–Crippen MR) is 55.1 cm³/mol. The number of benzene rings is 1. The molecule has 72 valence electrons. The van der Waals surface area contributed by atoms with Crippen LogP contribution in [0.3, 0.4) is 0 Å². The van der Waals surface area contributed by atoms with E-state index in [1.54, 1.807) is 6.92 Å². The second kappa shape index (κ2) is 4.80. The number of hydrogen-bond donors (Lipinski definition) is 1. The molecule has 0 bridgehead atoms. The molecule has 0 atom stereocenters. The summed E-state index contributed by atoms with van der Waals surface area (Å²) in [6.07, 6.45) is 1.53. The normalized spacial score (nSPS) is 10.1. The van der Waals surface area contributed by atoms with E-state index in [-0.39, 0.29) is 11.4 Å². The van der Waals surface area contributed by atoms with Crippen molar-refractivity contribution < 1.29 is 0 Å². The van der Waals surface area contributed by atoms with Crippen LogP contribution >= 0.6 is 0 Å². The van der Waals surface area contributed by atoms with Gasteiger partial charge < -0.3 is 0 Å². The topological polar surface area (TPSA) is 83.2 Å². The molecule has 0 radical (unpaired) electrons. The SMILES string of the molecule is CC=NNc1ccc(N=O)cc1N=O. The number of nitroso groups, excluding NO2 is 2. The van der Waals surface area contributed by atoms with Gasteiger partial charge >= 0.3 is 0 Å². The molecule has 1 rings (SSSR count). The van der Waals surface area contributed by atoms with E-state index in [1.165, 1.54) is 24.4 Å². The van der Waals surface area contributed by atoms with Gasteiger partial charge in [-0.1, -0.05) is 0 Å². The average Bonchev–Trinajstić information content (AvgIpc) is 2.26. The summed E-state index contributed by atoms with van der Waals surface area (Å²) in [5.41, 5.74) is 3.30. The summed E-state index contributed by atoms with van der Waals surface area (Å²) in [5.74, 6) is 0. The van der Waals surface area contributed by atoms with E-state index < -0.39 is 0 Å². The van der Waals surface area contributed by atoms with E-state index in [4.69, 9.17) is 0 Å². The molecule has 0 aliphatic carbocycles. The molecule has 0 fully saturated rings. The molecule has 0 amide bonds. The minimum atomic E-state index is 0.104. The van der Waals surface area contributed by atoms with Gasteiger partial charge in [-0.15, -0.1) is 9.81 Å². The van der Waals surface area contributed by atoms with E-state index in [0.717, 1.165) is 0 Å². The van der Waals surface area contributed by atoms with Gasteiger partial charge in [0.05, 0.1) is 5.69 Å². The van der Waals surface area contributed by atoms with E-state index in [2.05, 4.69) is 20.9 Å². The van der Waals surface area contributed by atoms with Crippen molar-refractivity contribution in [2.24, 2.45) is 15.5 Å². The number of rotatable bonds is 4. The van der Waals surface area contributed by atoms with Crippen molar-refractivity contribution >= 4 is 23.3 Å². The average molecular weight is 192 g/mol. The first-order chi connectivity index (χ1) is 6.81. The monoisotopic (exact) mass is 192 g/mol. The maximum atomic E-state index is 10.4. The highest BCUT2D eigenvalue weighted by Crippen LogP contribution is 2.29. The molecule has 0 aliphatic heterocycles. The van der Waals surface area contributed by atoms with Gasteiger partial charge in [0.25, 0.3) is 0 Å². The first-order valence-corrected chi connectivity index (χ1v) is 3.86. The number of anilines is 1. The highest BCUT2D eigenvalue weighted by molar-refractivity contribution is 5.70. The number of hydrogen-bond acceptors (Lipinski definition) is 6. The lowest BCUT2D eigenvalue weighted by atomic mass is 10.2. The smallest absolute Gasteiger partial charge is 0.135 e. The second-order valence-electron chi connectivity index (χ2n) is 2.38. The molecule has 14 heavy (non-hydrogen) atoms. The molecule has 0 saturated carbocycles. The number of hydrazone groups is 1. The zero-order valence-corrected chi connectivity index (χ0v) is 7.47. The van der Waals surface area contributed by atoms with Crippen LogP contribution in [0.5, 0.6) is 0 Å². The standard InChI is InChI=1S/C8H8N4O2/c1-2-9-10-7-4-3-6(11-13)5-8(7)12-14/h2-5,10H,1H3. The molecule has 1 aromatic rings. The van der Waals surface area contributed by atoms with Crippen molar-refractivity contribution in [3.63, 3.8) is 0 Å². The van der Waals surface area contributed by atoms with E-state index in [1.807, 2.05) is 0 Å². The quantitative estimate of drug-likeness (QED) is 0.452. The molecular weight excluding hydrogens is 184 g/mol. The Morgan fingerprint density at radius 2 is 2.07 bits per heavy atom. The zero-order chi connectivity index (χ0) is 10.4. The Kier molecular flexibility index (Phi) is 3.42. The van der Waals surface area contributed by atoms with Crippen LogP contribution in [0.1, 0.15) is 6.92 Å². The minimum Gasteiger partial charge on any atom is -0.277 e. The van der Waals surface area contributed by atoms with Crippen LogP contribution in [-0.4, -0.2) is 6.21 Å². The summed E-state index contributed by atoms with van der Waals surface area (Å²) in [6, 6.07) is 4.27. The third-order valence-corrected chi connectivity index (χ3v) is 1.50. The van der Waals surface area contributed by atoms with Gasteiger partial charge in [0.15, 0.2) is 0 Å². The third kappa shape index (κ3) is 2.19. The fraction of sp³-hybridized carbons (Fsp3) is 0.125. The van der Waals surface area contributed by atoms with Crippen LogP contribution in [0.25, 0.3) is 0 Å². The van der Waals surface area contributed by atoms with Crippen LogP contribution in [0.4, 0.5) is 17.1 Å². The van der Waals surface area contributed by atoms with Crippen LogP contribution in [0, 0.1) is 9.81 Å². The van der Waals surface area contributed by atoms with Gasteiger partial charge in [0, 0.05) is 6.21 Å². The molecule has 0 aromatic heterocycles. The van der Waals surface area contributed by atoms with E-state index in [0.29, 0.717) is 5.69 Å². The molecule has 6 heteroatoms. The summed E-state index contributed by atoms with van der Waals surface area (Å²) in [7, 11) is 0. The molecule has 1 aromatic carbocycles. The molecule has 0 aliphatic rings. The first kappa shape index (κ1) is 9.97. The van der Waals surface area contributed by atoms with Gasteiger partial charge in [-0.2, -0.15) is 5.10 Å². The molecule has 0 saturated heterocycles. The Morgan fingerprint density at radius 3 is 2.64 bits per heavy atom. The number of nitrogens with zero attached hydrogens (tertiary/aromatic N) is 3. The van der Waals surface area contributed by atoms with Crippen molar-refractivity contribution in [2.45, 2.75) is 6.92 Å². The second-order valence-corrected chi connectivity index (χ2v) is 2.38. The van der Waals surface area contributed by atoms with Crippen molar-refractivity contribution in [3.05, 3.63) is 28.0 Å². The van der Waals surface area contributed by atoms with Crippen molar-refractivity contribution in [1.29, 1.82) is 0 Å². The molecule has 0 spiro atoms. The van der Waals surface area contributed by atoms with Crippen molar-refractivity contribution in [2.75, 3.05) is 5.43 Å². The van der Waals surface area contributed by atoms with Crippen molar-refractivity contribution in [1.82, 2.24) is 0 Å². The Bertz CT molecular complexity index is 376. The molecular formula is C8H8N4O2. The third-order valence-electron chi connectivity index (χ3n) is 1.50. The molecule has 0 unspecified atom stereocenters. The number of nitrogens with one attached hydrogen (secondary N) is 1. The minimum absolute atomic E-state index is 0.104. The fourth-order valence-electron chi connectivity index (χ4n) is 0.881. The van der Waals surface area contributed by atoms with Crippen LogP contribution in [-0.2, 0) is 0 Å². The van der Waals surface area contributed by atoms with Gasteiger partial charge in [-0.3, -0.25) is 5.43 Å². The van der Waals surface area contributed by atoms with Crippen LogP contribution < -0.4 is 5.43 Å². The summed E-state index contributed by atoms with van der Waals surface area (Å²) < 4.78 is 0. The molecule has 1 N–H and O–H groups in total. The van der Waals surface area contributed by atoms with E-state index >= 15 is 0 Å². The highest BCUT2D eigenvalue weighted by atomic mass is 16.3. The summed E-state index contributed by atoms with van der Waals surface area (Å²) in [6.45, 7) is 1.72. The molecule has 0 heterocycles. The van der Waals surface area contributed by atoms with Gasteiger partial charge in [-0.05, 0) is 35.5 Å².